The van der Waals surface area contributed by atoms with E-state index in [1.165, 1.54) is 120 Å². The Morgan fingerprint density at radius 3 is 0.970 bits per heavy atom. The van der Waals surface area contributed by atoms with Crippen LogP contribution in [0.1, 0.15) is 0 Å². The molecule has 0 amide bonds. The smallest absolute Gasteiger partial charge is 0.0601 e. The third-order valence-electron chi connectivity index (χ3n) is 13.5. The normalized spacial score (nSPS) is 12.2. The van der Waals surface area contributed by atoms with Crippen LogP contribution in [0.2, 0.25) is 0 Å². The second-order valence-electron chi connectivity index (χ2n) is 17.1. The van der Waals surface area contributed by atoms with E-state index in [2.05, 4.69) is 254 Å². The second kappa shape index (κ2) is 15.8. The summed E-state index contributed by atoms with van der Waals surface area (Å²) < 4.78 is 0. The number of hydrogen-bond donors (Lipinski definition) is 0. The van der Waals surface area contributed by atoms with Gasteiger partial charge in [0.1, 0.15) is 0 Å². The number of benzene rings is 12. The third kappa shape index (κ3) is 6.18. The average molecular weight is 856 g/mol. The van der Waals surface area contributed by atoms with Gasteiger partial charge in [-0.3, -0.25) is 0 Å². The van der Waals surface area contributed by atoms with Gasteiger partial charge in [-0.05, 0) is 135 Å². The second-order valence-corrected chi connectivity index (χ2v) is 18.2. The highest BCUT2D eigenvalue weighted by molar-refractivity contribution is 7.99. The van der Waals surface area contributed by atoms with Gasteiger partial charge in [-0.1, -0.05) is 224 Å². The fraction of sp³-hybridized carbons (Fsp3) is 0. The molecule has 0 saturated heterocycles. The molecule has 0 spiro atoms. The Labute approximate surface area is 388 Å². The standard InChI is InChI=1S/C64H41NS/c1-2-18-42(19-3-1)47-20-4-5-21-48(47)64-55-28-12-10-26-53(55)62(54-27-11-13-29-56(54)64)44-36-34-43(35-37-44)61-49-22-6-8-24-51(49)63(52-25-9-7-23-50(52)61)45-38-40-46(41-39-45)65-57-30-14-16-32-59(57)66-60-33-17-15-31-58(60)65/h1-41H. The summed E-state index contributed by atoms with van der Waals surface area (Å²) in [5.74, 6) is 0. The van der Waals surface area contributed by atoms with Gasteiger partial charge in [-0.2, -0.15) is 0 Å². The van der Waals surface area contributed by atoms with E-state index in [4.69, 9.17) is 0 Å². The summed E-state index contributed by atoms with van der Waals surface area (Å²) >= 11 is 1.84. The maximum absolute atomic E-state index is 2.40. The topological polar surface area (TPSA) is 3.24 Å². The lowest BCUT2D eigenvalue weighted by Crippen LogP contribution is -2.14. The minimum Gasteiger partial charge on any atom is -0.308 e. The summed E-state index contributed by atoms with van der Waals surface area (Å²) in [7, 11) is 0. The van der Waals surface area contributed by atoms with E-state index in [1.807, 2.05) is 11.8 Å². The van der Waals surface area contributed by atoms with Crippen molar-refractivity contribution >= 4 is 71.9 Å². The molecule has 0 N–H and O–H groups in total. The van der Waals surface area contributed by atoms with Crippen LogP contribution in [-0.2, 0) is 0 Å². The van der Waals surface area contributed by atoms with Crippen LogP contribution < -0.4 is 4.90 Å². The zero-order chi connectivity index (χ0) is 43.6. The van der Waals surface area contributed by atoms with Crippen LogP contribution in [0, 0.1) is 0 Å². The highest BCUT2D eigenvalue weighted by Gasteiger charge is 2.25. The SMILES string of the molecule is c1ccc(-c2ccccc2-c2c3ccccc3c(-c3ccc(-c4c5ccccc5c(-c5ccc(N6c7ccccc7Sc7ccccc76)cc5)c5ccccc45)cc3)c3ccccc23)cc1. The maximum Gasteiger partial charge on any atom is 0.0601 e. The van der Waals surface area contributed by atoms with Crippen molar-refractivity contribution in [3.05, 3.63) is 249 Å². The molecule has 12 aromatic rings. The summed E-state index contributed by atoms with van der Waals surface area (Å²) in [5, 5.41) is 9.99. The highest BCUT2D eigenvalue weighted by Crippen LogP contribution is 2.52. The highest BCUT2D eigenvalue weighted by atomic mass is 32.2. The van der Waals surface area contributed by atoms with Crippen molar-refractivity contribution in [2.75, 3.05) is 4.90 Å². The number of para-hydroxylation sites is 2. The predicted octanol–water partition coefficient (Wildman–Crippen LogP) is 18.6. The molecule has 0 radical (unpaired) electrons. The molecule has 1 nitrogen and oxygen atoms in total. The van der Waals surface area contributed by atoms with Crippen molar-refractivity contribution in [1.29, 1.82) is 0 Å². The molecule has 1 aliphatic rings. The summed E-state index contributed by atoms with van der Waals surface area (Å²) in [5.41, 5.74) is 15.9. The van der Waals surface area contributed by atoms with Gasteiger partial charge in [-0.15, -0.1) is 0 Å². The van der Waals surface area contributed by atoms with Crippen LogP contribution in [0.5, 0.6) is 0 Å². The zero-order valence-corrected chi connectivity index (χ0v) is 36.8. The van der Waals surface area contributed by atoms with Gasteiger partial charge >= 0.3 is 0 Å². The number of nitrogens with zero attached hydrogens (tertiary/aromatic N) is 1. The number of anilines is 3. The monoisotopic (exact) mass is 855 g/mol. The van der Waals surface area contributed by atoms with E-state index in [0.29, 0.717) is 0 Å². The van der Waals surface area contributed by atoms with E-state index in [9.17, 15) is 0 Å². The van der Waals surface area contributed by atoms with Crippen LogP contribution in [0.25, 0.3) is 98.7 Å². The number of fused-ring (bicyclic) bond motifs is 6. The Morgan fingerprint density at radius 2 is 0.545 bits per heavy atom. The van der Waals surface area contributed by atoms with Crippen molar-refractivity contribution in [3.8, 4) is 55.6 Å². The first-order valence-electron chi connectivity index (χ1n) is 22.7. The largest absolute Gasteiger partial charge is 0.308 e. The van der Waals surface area contributed by atoms with E-state index >= 15 is 0 Å². The van der Waals surface area contributed by atoms with Gasteiger partial charge in [0, 0.05) is 15.5 Å². The van der Waals surface area contributed by atoms with E-state index in [1.54, 1.807) is 0 Å². The molecule has 0 aromatic heterocycles. The molecule has 0 saturated carbocycles. The van der Waals surface area contributed by atoms with E-state index in [-0.39, 0.29) is 0 Å². The molecule has 12 aromatic carbocycles. The fourth-order valence-electron chi connectivity index (χ4n) is 10.6. The first kappa shape index (κ1) is 38.3. The Kier molecular flexibility index (Phi) is 9.18. The molecule has 0 bridgehead atoms. The molecule has 0 fully saturated rings. The Morgan fingerprint density at radius 1 is 0.227 bits per heavy atom. The lowest BCUT2D eigenvalue weighted by Gasteiger charge is -2.32. The molecule has 1 aliphatic heterocycles. The van der Waals surface area contributed by atoms with Gasteiger partial charge < -0.3 is 4.90 Å². The molecule has 1 heterocycles. The van der Waals surface area contributed by atoms with E-state index < -0.39 is 0 Å². The van der Waals surface area contributed by atoms with Crippen molar-refractivity contribution in [3.63, 3.8) is 0 Å². The summed E-state index contributed by atoms with van der Waals surface area (Å²) in [6.07, 6.45) is 0. The van der Waals surface area contributed by atoms with Crippen LogP contribution in [0.3, 0.4) is 0 Å². The predicted molar refractivity (Wildman–Crippen MR) is 282 cm³/mol. The van der Waals surface area contributed by atoms with Gasteiger partial charge in [0.15, 0.2) is 0 Å². The molecule has 0 unspecified atom stereocenters. The van der Waals surface area contributed by atoms with Crippen LogP contribution in [-0.4, -0.2) is 0 Å². The minimum atomic E-state index is 1.15. The summed E-state index contributed by atoms with van der Waals surface area (Å²) in [4.78, 5) is 4.93. The molecule has 308 valence electrons. The first-order valence-corrected chi connectivity index (χ1v) is 23.5. The van der Waals surface area contributed by atoms with Gasteiger partial charge in [0.25, 0.3) is 0 Å². The van der Waals surface area contributed by atoms with Crippen molar-refractivity contribution < 1.29 is 0 Å². The first-order chi connectivity index (χ1) is 32.8. The molecule has 0 atom stereocenters. The maximum atomic E-state index is 2.40. The third-order valence-corrected chi connectivity index (χ3v) is 14.6. The van der Waals surface area contributed by atoms with Crippen molar-refractivity contribution in [1.82, 2.24) is 0 Å². The quantitative estimate of drug-likeness (QED) is 0.153. The summed E-state index contributed by atoms with van der Waals surface area (Å²) in [6.45, 7) is 0. The number of hydrogen-bond acceptors (Lipinski definition) is 2. The molecular formula is C64H41NS. The van der Waals surface area contributed by atoms with Gasteiger partial charge in [-0.25, -0.2) is 0 Å². The number of rotatable bonds is 6. The van der Waals surface area contributed by atoms with E-state index in [0.717, 1.165) is 5.69 Å². The van der Waals surface area contributed by atoms with Gasteiger partial charge in [0.05, 0.1) is 11.4 Å². The molecule has 66 heavy (non-hydrogen) atoms. The molecular weight excluding hydrogens is 815 g/mol. The fourth-order valence-corrected chi connectivity index (χ4v) is 11.7. The molecule has 2 heteroatoms. The van der Waals surface area contributed by atoms with Crippen LogP contribution in [0.4, 0.5) is 17.1 Å². The van der Waals surface area contributed by atoms with Crippen LogP contribution >= 0.6 is 11.8 Å². The zero-order valence-electron chi connectivity index (χ0n) is 36.0. The Balaban J connectivity index is 0.942. The lowest BCUT2D eigenvalue weighted by molar-refractivity contribution is 1.17. The minimum absolute atomic E-state index is 1.15. The van der Waals surface area contributed by atoms with Gasteiger partial charge in [0.2, 0.25) is 0 Å². The lowest BCUT2D eigenvalue weighted by atomic mass is 9.83. The molecule has 13 rings (SSSR count). The Bertz CT molecular complexity index is 3670. The van der Waals surface area contributed by atoms with Crippen molar-refractivity contribution in [2.45, 2.75) is 9.79 Å². The van der Waals surface area contributed by atoms with Crippen molar-refractivity contribution in [2.24, 2.45) is 0 Å². The molecule has 0 aliphatic carbocycles. The average Bonchev–Trinajstić information content (AvgIpc) is 3.39. The van der Waals surface area contributed by atoms with Crippen LogP contribution in [0.15, 0.2) is 259 Å². The Hall–Kier alpha value is -8.17. The summed E-state index contributed by atoms with van der Waals surface area (Å²) in [6, 6.07) is 91.5.